The highest BCUT2D eigenvalue weighted by molar-refractivity contribution is 7.75. The summed E-state index contributed by atoms with van der Waals surface area (Å²) >= 11 is 1.35. The lowest BCUT2D eigenvalue weighted by Crippen LogP contribution is -2.07. The molecule has 68 valence electrons. The van der Waals surface area contributed by atoms with Crippen LogP contribution in [0.4, 0.5) is 0 Å². The predicted octanol–water partition coefficient (Wildman–Crippen LogP) is 2.02. The Bertz CT molecular complexity index is 334. The molecule has 0 aliphatic rings. The monoisotopic (exact) mass is 204 g/mol. The van der Waals surface area contributed by atoms with Gasteiger partial charge >= 0.3 is 0 Å². The van der Waals surface area contributed by atoms with Crippen LogP contribution in [0, 0.1) is 0 Å². The van der Waals surface area contributed by atoms with E-state index in [1.165, 1.54) is 11.3 Å². The van der Waals surface area contributed by atoms with E-state index in [0.717, 1.165) is 4.88 Å². The van der Waals surface area contributed by atoms with Crippen molar-refractivity contribution in [1.82, 2.24) is 0 Å². The van der Waals surface area contributed by atoms with Gasteiger partial charge in [-0.1, -0.05) is 20.8 Å². The van der Waals surface area contributed by atoms with Gasteiger partial charge in [0.15, 0.2) is 10.7 Å². The zero-order valence-corrected chi connectivity index (χ0v) is 9.04. The molecule has 12 heavy (non-hydrogen) atoms. The largest absolute Gasteiger partial charge is 0.226 e. The zero-order chi connectivity index (χ0) is 9.35. The van der Waals surface area contributed by atoms with Gasteiger partial charge in [-0.05, 0) is 17.5 Å². The second kappa shape index (κ2) is 3.18. The fourth-order valence-corrected chi connectivity index (χ4v) is 2.42. The fraction of sp³-hybridized carbons (Fsp3) is 0.500. The first-order valence-electron chi connectivity index (χ1n) is 3.66. The molecule has 2 nitrogen and oxygen atoms in total. The molecule has 0 N–H and O–H groups in total. The molecule has 1 heterocycles. The minimum Gasteiger partial charge on any atom is -0.226 e. The summed E-state index contributed by atoms with van der Waals surface area (Å²) in [6.45, 7) is 6.21. The maximum atomic E-state index is 10.6. The molecule has 0 saturated carbocycles. The quantitative estimate of drug-likeness (QED) is 0.710. The molecule has 0 aliphatic carbocycles. The predicted molar refractivity (Wildman–Crippen MR) is 51.6 cm³/mol. The van der Waals surface area contributed by atoms with Crippen LogP contribution in [0.15, 0.2) is 16.3 Å². The van der Waals surface area contributed by atoms with Gasteiger partial charge in [0.25, 0.3) is 0 Å². The molecular weight excluding hydrogens is 192 g/mol. The van der Waals surface area contributed by atoms with Crippen LogP contribution < -0.4 is 0 Å². The highest BCUT2D eigenvalue weighted by atomic mass is 32.2. The Hall–Kier alpha value is -0.350. The SMILES string of the molecule is CC(C)(C)c1ccc([SH](=O)=O)s1. The van der Waals surface area contributed by atoms with Gasteiger partial charge in [-0.2, -0.15) is 0 Å². The van der Waals surface area contributed by atoms with Crippen LogP contribution >= 0.6 is 11.3 Å². The smallest absolute Gasteiger partial charge is 0.177 e. The molecule has 1 aromatic rings. The van der Waals surface area contributed by atoms with Crippen molar-refractivity contribution in [2.45, 2.75) is 30.4 Å². The average molecular weight is 204 g/mol. The third-order valence-corrected chi connectivity index (χ3v) is 4.05. The van der Waals surface area contributed by atoms with Gasteiger partial charge in [0, 0.05) is 4.88 Å². The second-order valence-corrected chi connectivity index (χ2v) is 6.03. The molecule has 0 aliphatic heterocycles. The minimum atomic E-state index is -2.40. The van der Waals surface area contributed by atoms with E-state index in [1.54, 1.807) is 6.07 Å². The molecule has 0 aromatic carbocycles. The van der Waals surface area contributed by atoms with E-state index in [0.29, 0.717) is 4.21 Å². The van der Waals surface area contributed by atoms with Crippen molar-refractivity contribution >= 4 is 22.0 Å². The summed E-state index contributed by atoms with van der Waals surface area (Å²) in [7, 11) is -2.40. The summed E-state index contributed by atoms with van der Waals surface area (Å²) < 4.78 is 21.6. The molecule has 1 aromatic heterocycles. The molecule has 0 bridgehead atoms. The Morgan fingerprint density at radius 1 is 1.25 bits per heavy atom. The molecule has 0 spiro atoms. The average Bonchev–Trinajstić information content (AvgIpc) is 2.30. The van der Waals surface area contributed by atoms with Crippen LogP contribution in [0.5, 0.6) is 0 Å². The van der Waals surface area contributed by atoms with Gasteiger partial charge in [-0.15, -0.1) is 11.3 Å². The lowest BCUT2D eigenvalue weighted by molar-refractivity contribution is 0.604. The highest BCUT2D eigenvalue weighted by Crippen LogP contribution is 2.29. The van der Waals surface area contributed by atoms with Crippen LogP contribution in [0.3, 0.4) is 0 Å². The third-order valence-electron chi connectivity index (χ3n) is 1.51. The van der Waals surface area contributed by atoms with Crippen molar-refractivity contribution in [2.24, 2.45) is 0 Å². The van der Waals surface area contributed by atoms with E-state index in [4.69, 9.17) is 0 Å². The first-order valence-corrected chi connectivity index (χ1v) is 5.65. The summed E-state index contributed by atoms with van der Waals surface area (Å²) in [6.07, 6.45) is 0. The van der Waals surface area contributed by atoms with Gasteiger partial charge < -0.3 is 0 Å². The number of thiophene rings is 1. The number of hydrogen-bond donors (Lipinski definition) is 1. The molecular formula is C8H12O2S2. The van der Waals surface area contributed by atoms with E-state index in [2.05, 4.69) is 20.8 Å². The summed E-state index contributed by atoms with van der Waals surface area (Å²) in [6, 6.07) is 3.54. The Morgan fingerprint density at radius 2 is 1.83 bits per heavy atom. The first-order chi connectivity index (χ1) is 5.41. The third kappa shape index (κ3) is 2.08. The molecule has 0 amide bonds. The van der Waals surface area contributed by atoms with Crippen molar-refractivity contribution < 1.29 is 8.42 Å². The fourth-order valence-electron chi connectivity index (χ4n) is 0.829. The second-order valence-electron chi connectivity index (χ2n) is 3.64. The van der Waals surface area contributed by atoms with Crippen molar-refractivity contribution in [3.05, 3.63) is 17.0 Å². The van der Waals surface area contributed by atoms with E-state index in [-0.39, 0.29) is 5.41 Å². The van der Waals surface area contributed by atoms with Crippen molar-refractivity contribution in [1.29, 1.82) is 0 Å². The van der Waals surface area contributed by atoms with Crippen molar-refractivity contribution in [2.75, 3.05) is 0 Å². The standard InChI is InChI=1S/C8H12O2S2/c1-8(2,3)6-4-5-7(11-6)12(9)10/h4-5,12H,1-3H3. The summed E-state index contributed by atoms with van der Waals surface area (Å²) in [5, 5.41) is 0. The van der Waals surface area contributed by atoms with Gasteiger partial charge in [-0.3, -0.25) is 0 Å². The van der Waals surface area contributed by atoms with Crippen LogP contribution in [-0.4, -0.2) is 8.42 Å². The van der Waals surface area contributed by atoms with E-state index < -0.39 is 10.7 Å². The van der Waals surface area contributed by atoms with Crippen molar-refractivity contribution in [3.63, 3.8) is 0 Å². The van der Waals surface area contributed by atoms with E-state index >= 15 is 0 Å². The number of rotatable bonds is 1. The number of thiol groups is 1. The lowest BCUT2D eigenvalue weighted by atomic mass is 9.95. The Balaban J connectivity index is 3.08. The maximum Gasteiger partial charge on any atom is 0.177 e. The molecule has 0 radical (unpaired) electrons. The Morgan fingerprint density at radius 3 is 2.08 bits per heavy atom. The molecule has 0 saturated heterocycles. The topological polar surface area (TPSA) is 34.1 Å². The normalized spacial score (nSPS) is 12.3. The van der Waals surface area contributed by atoms with E-state index in [9.17, 15) is 8.42 Å². The molecule has 0 atom stereocenters. The Kier molecular flexibility index (Phi) is 2.58. The van der Waals surface area contributed by atoms with Gasteiger partial charge in [0.05, 0.1) is 0 Å². The zero-order valence-electron chi connectivity index (χ0n) is 7.33. The molecule has 0 unspecified atom stereocenters. The van der Waals surface area contributed by atoms with Gasteiger partial charge in [0.1, 0.15) is 4.21 Å². The summed E-state index contributed by atoms with van der Waals surface area (Å²) in [5.41, 5.74) is 0.0499. The first kappa shape index (κ1) is 9.74. The van der Waals surface area contributed by atoms with Crippen LogP contribution in [0.1, 0.15) is 25.6 Å². The lowest BCUT2D eigenvalue weighted by Gasteiger charge is -2.14. The molecule has 1 rings (SSSR count). The number of hydrogen-bond acceptors (Lipinski definition) is 3. The summed E-state index contributed by atoms with van der Waals surface area (Å²) in [5.74, 6) is 0. The van der Waals surface area contributed by atoms with Crippen LogP contribution in [0.25, 0.3) is 0 Å². The van der Waals surface area contributed by atoms with Gasteiger partial charge in [0.2, 0.25) is 0 Å². The maximum absolute atomic E-state index is 10.6. The summed E-state index contributed by atoms with van der Waals surface area (Å²) in [4.78, 5) is 1.11. The van der Waals surface area contributed by atoms with Crippen molar-refractivity contribution in [3.8, 4) is 0 Å². The van der Waals surface area contributed by atoms with Crippen LogP contribution in [-0.2, 0) is 16.1 Å². The minimum absolute atomic E-state index is 0.0499. The van der Waals surface area contributed by atoms with Gasteiger partial charge in [-0.25, -0.2) is 8.42 Å². The Labute approximate surface area is 78.2 Å². The van der Waals surface area contributed by atoms with E-state index in [1.807, 2.05) is 6.07 Å². The molecule has 0 fully saturated rings. The molecule has 4 heteroatoms. The van der Waals surface area contributed by atoms with Crippen LogP contribution in [0.2, 0.25) is 0 Å². The highest BCUT2D eigenvalue weighted by Gasteiger charge is 2.16.